The summed E-state index contributed by atoms with van der Waals surface area (Å²) in [5.41, 5.74) is 1.99. The van der Waals surface area contributed by atoms with E-state index >= 15 is 0 Å². The van der Waals surface area contributed by atoms with Gasteiger partial charge in [-0.25, -0.2) is 4.68 Å². The largest absolute Gasteiger partial charge is 0.240 e. The summed E-state index contributed by atoms with van der Waals surface area (Å²) in [6.45, 7) is 1.82. The Balaban J connectivity index is 2.37. The van der Waals surface area contributed by atoms with Gasteiger partial charge in [0.2, 0.25) is 0 Å². The second kappa shape index (κ2) is 3.80. The third-order valence-electron chi connectivity index (χ3n) is 1.87. The monoisotopic (exact) mass is 182 g/mol. The lowest BCUT2D eigenvalue weighted by atomic mass is 10.3. The van der Waals surface area contributed by atoms with E-state index in [4.69, 9.17) is 0 Å². The minimum Gasteiger partial charge on any atom is -0.240 e. The molecular formula is C12H10N2. The van der Waals surface area contributed by atoms with Gasteiger partial charge in [0.1, 0.15) is 0 Å². The van der Waals surface area contributed by atoms with Gasteiger partial charge in [-0.2, -0.15) is 5.10 Å². The van der Waals surface area contributed by atoms with Crippen molar-refractivity contribution in [2.75, 3.05) is 0 Å². The topological polar surface area (TPSA) is 17.8 Å². The summed E-state index contributed by atoms with van der Waals surface area (Å²) in [7, 11) is 0. The summed E-state index contributed by atoms with van der Waals surface area (Å²) in [6.07, 6.45) is 3.69. The Labute approximate surface area is 83.2 Å². The van der Waals surface area contributed by atoms with E-state index in [1.165, 1.54) is 0 Å². The number of hydrogen-bond donors (Lipinski definition) is 0. The molecule has 0 saturated heterocycles. The van der Waals surface area contributed by atoms with Crippen molar-refractivity contribution in [3.05, 3.63) is 48.3 Å². The van der Waals surface area contributed by atoms with Crippen LogP contribution in [0.25, 0.3) is 5.69 Å². The predicted octanol–water partition coefficient (Wildman–Crippen LogP) is 2.24. The van der Waals surface area contributed by atoms with Gasteiger partial charge < -0.3 is 0 Å². The highest BCUT2D eigenvalue weighted by Gasteiger charge is 1.96. The van der Waals surface area contributed by atoms with Gasteiger partial charge in [0.05, 0.1) is 17.4 Å². The van der Waals surface area contributed by atoms with Crippen LogP contribution in [0.1, 0.15) is 12.5 Å². The zero-order chi connectivity index (χ0) is 9.80. The minimum absolute atomic E-state index is 0.941. The van der Waals surface area contributed by atoms with Gasteiger partial charge in [0.15, 0.2) is 0 Å². The maximum atomic E-state index is 4.22. The van der Waals surface area contributed by atoms with Crippen LogP contribution in [0.15, 0.2) is 42.7 Å². The average molecular weight is 182 g/mol. The molecule has 0 aliphatic heterocycles. The standard InChI is InChI=1S/C12H10N2/c1-2-6-11-9-13-14(10-11)12-7-4-3-5-8-12/h3-5,7-10H,1H3. The van der Waals surface area contributed by atoms with E-state index in [0.717, 1.165) is 11.3 Å². The lowest BCUT2D eigenvalue weighted by molar-refractivity contribution is 0.880. The first-order valence-electron chi connectivity index (χ1n) is 4.43. The molecule has 2 aromatic rings. The molecule has 1 aromatic carbocycles. The van der Waals surface area contributed by atoms with Crippen LogP contribution >= 0.6 is 0 Å². The maximum Gasteiger partial charge on any atom is 0.0651 e. The summed E-state index contributed by atoms with van der Waals surface area (Å²) < 4.78 is 1.82. The molecule has 68 valence electrons. The highest BCUT2D eigenvalue weighted by Crippen LogP contribution is 2.06. The normalized spacial score (nSPS) is 9.21. The Bertz CT molecular complexity index is 472. The zero-order valence-electron chi connectivity index (χ0n) is 7.94. The highest BCUT2D eigenvalue weighted by molar-refractivity contribution is 5.35. The molecule has 0 N–H and O–H groups in total. The van der Waals surface area contributed by atoms with Gasteiger partial charge in [-0.05, 0) is 19.1 Å². The quantitative estimate of drug-likeness (QED) is 0.618. The molecule has 0 spiro atoms. The van der Waals surface area contributed by atoms with Gasteiger partial charge >= 0.3 is 0 Å². The van der Waals surface area contributed by atoms with E-state index in [2.05, 4.69) is 16.9 Å². The van der Waals surface area contributed by atoms with Crippen molar-refractivity contribution < 1.29 is 0 Å². The fraction of sp³-hybridized carbons (Fsp3) is 0.0833. The van der Waals surface area contributed by atoms with Crippen LogP contribution in [0.5, 0.6) is 0 Å². The van der Waals surface area contributed by atoms with E-state index in [9.17, 15) is 0 Å². The van der Waals surface area contributed by atoms with Gasteiger partial charge in [-0.3, -0.25) is 0 Å². The smallest absolute Gasteiger partial charge is 0.0651 e. The van der Waals surface area contributed by atoms with Crippen LogP contribution in [0, 0.1) is 11.8 Å². The van der Waals surface area contributed by atoms with Crippen LogP contribution in [-0.4, -0.2) is 9.78 Å². The van der Waals surface area contributed by atoms with E-state index < -0.39 is 0 Å². The Morgan fingerprint density at radius 1 is 1.21 bits per heavy atom. The van der Waals surface area contributed by atoms with Crippen LogP contribution in [0.2, 0.25) is 0 Å². The van der Waals surface area contributed by atoms with Crippen LogP contribution in [0.3, 0.4) is 0 Å². The summed E-state index contributed by atoms with van der Waals surface area (Å²) in [6, 6.07) is 9.98. The molecule has 1 heterocycles. The fourth-order valence-corrected chi connectivity index (χ4v) is 1.25. The Morgan fingerprint density at radius 2 is 2.00 bits per heavy atom. The molecule has 2 nitrogen and oxygen atoms in total. The number of aromatic nitrogens is 2. The van der Waals surface area contributed by atoms with Crippen molar-refractivity contribution in [3.8, 4) is 17.5 Å². The highest BCUT2D eigenvalue weighted by atomic mass is 15.3. The average Bonchev–Trinajstić information content (AvgIpc) is 2.68. The van der Waals surface area contributed by atoms with Gasteiger partial charge in [0.25, 0.3) is 0 Å². The van der Waals surface area contributed by atoms with Crippen LogP contribution < -0.4 is 0 Å². The lowest BCUT2D eigenvalue weighted by Gasteiger charge is -1.97. The Morgan fingerprint density at radius 3 is 2.71 bits per heavy atom. The van der Waals surface area contributed by atoms with Gasteiger partial charge in [-0.1, -0.05) is 24.1 Å². The molecule has 0 unspecified atom stereocenters. The van der Waals surface area contributed by atoms with E-state index in [-0.39, 0.29) is 0 Å². The molecule has 0 aliphatic rings. The minimum atomic E-state index is 0.941. The van der Waals surface area contributed by atoms with E-state index in [0.29, 0.717) is 0 Å². The van der Waals surface area contributed by atoms with E-state index in [1.807, 2.05) is 48.1 Å². The van der Waals surface area contributed by atoms with Crippen molar-refractivity contribution in [2.45, 2.75) is 6.92 Å². The summed E-state index contributed by atoms with van der Waals surface area (Å²) in [4.78, 5) is 0. The molecule has 0 aliphatic carbocycles. The first-order chi connectivity index (χ1) is 6.90. The maximum absolute atomic E-state index is 4.22. The molecule has 2 heteroatoms. The number of para-hydroxylation sites is 1. The van der Waals surface area contributed by atoms with Crippen LogP contribution in [-0.2, 0) is 0 Å². The molecule has 2 rings (SSSR count). The Kier molecular flexibility index (Phi) is 2.33. The molecule has 0 atom stereocenters. The molecule has 1 aromatic heterocycles. The third kappa shape index (κ3) is 1.67. The molecule has 14 heavy (non-hydrogen) atoms. The first-order valence-corrected chi connectivity index (χ1v) is 4.43. The molecule has 0 saturated carbocycles. The lowest BCUT2D eigenvalue weighted by Crippen LogP contribution is -1.92. The summed E-state index contributed by atoms with van der Waals surface area (Å²) in [5.74, 6) is 5.81. The SMILES string of the molecule is CC#Cc1cnn(-c2ccccc2)c1. The van der Waals surface area contributed by atoms with Crippen molar-refractivity contribution in [1.82, 2.24) is 9.78 Å². The predicted molar refractivity (Wildman–Crippen MR) is 56.1 cm³/mol. The number of nitrogens with zero attached hydrogens (tertiary/aromatic N) is 2. The second-order valence-corrected chi connectivity index (χ2v) is 2.88. The molecule has 0 amide bonds. The van der Waals surface area contributed by atoms with Crippen molar-refractivity contribution >= 4 is 0 Å². The molecule has 0 fully saturated rings. The van der Waals surface area contributed by atoms with Gasteiger partial charge in [-0.15, -0.1) is 5.92 Å². The molecular weight excluding hydrogens is 172 g/mol. The van der Waals surface area contributed by atoms with Crippen molar-refractivity contribution in [2.24, 2.45) is 0 Å². The molecule has 0 radical (unpaired) electrons. The summed E-state index contributed by atoms with van der Waals surface area (Å²) >= 11 is 0. The van der Waals surface area contributed by atoms with Crippen LogP contribution in [0.4, 0.5) is 0 Å². The number of rotatable bonds is 1. The first kappa shape index (κ1) is 8.58. The van der Waals surface area contributed by atoms with Crippen molar-refractivity contribution in [1.29, 1.82) is 0 Å². The number of hydrogen-bond acceptors (Lipinski definition) is 1. The third-order valence-corrected chi connectivity index (χ3v) is 1.87. The van der Waals surface area contributed by atoms with E-state index in [1.54, 1.807) is 6.20 Å². The Hall–Kier alpha value is -2.01. The number of benzene rings is 1. The zero-order valence-corrected chi connectivity index (χ0v) is 7.94. The van der Waals surface area contributed by atoms with Crippen molar-refractivity contribution in [3.63, 3.8) is 0 Å². The van der Waals surface area contributed by atoms with Gasteiger partial charge in [0, 0.05) is 6.20 Å². The summed E-state index contributed by atoms with van der Waals surface area (Å²) in [5, 5.41) is 4.22. The molecule has 0 bridgehead atoms. The second-order valence-electron chi connectivity index (χ2n) is 2.88. The fourth-order valence-electron chi connectivity index (χ4n) is 1.25.